The van der Waals surface area contributed by atoms with Gasteiger partial charge in [0.2, 0.25) is 0 Å². The molecule has 0 heterocycles. The van der Waals surface area contributed by atoms with Crippen molar-refractivity contribution in [3.8, 4) is 0 Å². The van der Waals surface area contributed by atoms with E-state index in [0.29, 0.717) is 6.04 Å². The highest BCUT2D eigenvalue weighted by Crippen LogP contribution is 2.28. The number of hydrogen-bond donors (Lipinski definition) is 1. The molecule has 0 aliphatic rings. The van der Waals surface area contributed by atoms with Crippen LogP contribution in [-0.2, 0) is 0 Å². The van der Waals surface area contributed by atoms with E-state index >= 15 is 0 Å². The molecule has 0 saturated carbocycles. The predicted octanol–water partition coefficient (Wildman–Crippen LogP) is 4.16. The molecule has 0 radical (unpaired) electrons. The summed E-state index contributed by atoms with van der Waals surface area (Å²) in [5.41, 5.74) is 1.28. The average molecular weight is 277 g/mol. The Morgan fingerprint density at radius 2 is 2.14 bits per heavy atom. The molecule has 78 valence electrons. The number of nitrogens with one attached hydrogen (secondary N) is 1. The molecule has 1 aromatic carbocycles. The summed E-state index contributed by atoms with van der Waals surface area (Å²) in [6.45, 7) is 5.27. The lowest BCUT2D eigenvalue weighted by atomic mass is 10.0. The quantitative estimate of drug-likeness (QED) is 0.870. The van der Waals surface area contributed by atoms with E-state index in [1.54, 1.807) is 0 Å². The molecular formula is C11H15BrClN. The lowest BCUT2D eigenvalue weighted by Gasteiger charge is -2.17. The van der Waals surface area contributed by atoms with Crippen LogP contribution < -0.4 is 5.32 Å². The molecule has 0 spiro atoms. The Hall–Kier alpha value is -0.0500. The molecule has 0 aliphatic carbocycles. The number of halogens is 2. The molecule has 0 aromatic heterocycles. The van der Waals surface area contributed by atoms with Crippen LogP contribution in [0.1, 0.15) is 31.9 Å². The van der Waals surface area contributed by atoms with Crippen LogP contribution in [0.25, 0.3) is 0 Å². The van der Waals surface area contributed by atoms with E-state index in [1.165, 1.54) is 5.56 Å². The topological polar surface area (TPSA) is 12.0 Å². The minimum Gasteiger partial charge on any atom is -0.310 e. The Bertz CT molecular complexity index is 301. The van der Waals surface area contributed by atoms with Crippen LogP contribution in [0.3, 0.4) is 0 Å². The highest BCUT2D eigenvalue weighted by molar-refractivity contribution is 9.10. The monoisotopic (exact) mass is 275 g/mol. The number of hydrogen-bond acceptors (Lipinski definition) is 1. The number of rotatable bonds is 4. The molecule has 0 aliphatic heterocycles. The van der Waals surface area contributed by atoms with Gasteiger partial charge in [0.25, 0.3) is 0 Å². The van der Waals surface area contributed by atoms with Gasteiger partial charge in [0, 0.05) is 15.5 Å². The molecule has 0 fully saturated rings. The van der Waals surface area contributed by atoms with Crippen molar-refractivity contribution in [1.29, 1.82) is 0 Å². The zero-order valence-electron chi connectivity index (χ0n) is 8.48. The smallest absolute Gasteiger partial charge is 0.0417 e. The minimum atomic E-state index is 0.409. The molecule has 1 aromatic rings. The van der Waals surface area contributed by atoms with Crippen molar-refractivity contribution in [2.45, 2.75) is 26.3 Å². The van der Waals surface area contributed by atoms with Crippen LogP contribution in [0.5, 0.6) is 0 Å². The van der Waals surface area contributed by atoms with Crippen molar-refractivity contribution in [1.82, 2.24) is 5.32 Å². The van der Waals surface area contributed by atoms with E-state index in [0.717, 1.165) is 22.5 Å². The fraction of sp³-hybridized carbons (Fsp3) is 0.455. The third-order valence-corrected chi connectivity index (χ3v) is 3.12. The van der Waals surface area contributed by atoms with Crippen molar-refractivity contribution in [2.75, 3.05) is 6.54 Å². The fourth-order valence-corrected chi connectivity index (χ4v) is 2.46. The zero-order valence-corrected chi connectivity index (χ0v) is 10.8. The highest BCUT2D eigenvalue weighted by atomic mass is 79.9. The molecule has 14 heavy (non-hydrogen) atoms. The molecule has 1 nitrogen and oxygen atoms in total. The van der Waals surface area contributed by atoms with Gasteiger partial charge in [-0.2, -0.15) is 0 Å². The van der Waals surface area contributed by atoms with Crippen LogP contribution in [0, 0.1) is 0 Å². The summed E-state index contributed by atoms with van der Waals surface area (Å²) >= 11 is 9.43. The average Bonchev–Trinajstić information content (AvgIpc) is 2.15. The van der Waals surface area contributed by atoms with Gasteiger partial charge in [0.05, 0.1) is 0 Å². The van der Waals surface area contributed by atoms with Crippen LogP contribution >= 0.6 is 27.5 Å². The van der Waals surface area contributed by atoms with Gasteiger partial charge in [0.1, 0.15) is 0 Å². The predicted molar refractivity (Wildman–Crippen MR) is 65.9 cm³/mol. The van der Waals surface area contributed by atoms with Crippen LogP contribution in [0.15, 0.2) is 22.7 Å². The van der Waals surface area contributed by atoms with Gasteiger partial charge < -0.3 is 5.32 Å². The molecule has 1 unspecified atom stereocenters. The van der Waals surface area contributed by atoms with Gasteiger partial charge in [0.15, 0.2) is 0 Å². The second kappa shape index (κ2) is 5.74. The highest BCUT2D eigenvalue weighted by Gasteiger charge is 2.10. The van der Waals surface area contributed by atoms with Gasteiger partial charge in [-0.25, -0.2) is 0 Å². The Morgan fingerprint density at radius 3 is 2.64 bits per heavy atom. The van der Waals surface area contributed by atoms with E-state index in [4.69, 9.17) is 11.6 Å². The van der Waals surface area contributed by atoms with Crippen molar-refractivity contribution in [3.05, 3.63) is 33.3 Å². The lowest BCUT2D eigenvalue weighted by molar-refractivity contribution is 0.535. The van der Waals surface area contributed by atoms with Crippen molar-refractivity contribution >= 4 is 27.5 Å². The van der Waals surface area contributed by atoms with Crippen LogP contribution in [-0.4, -0.2) is 6.54 Å². The molecular weight excluding hydrogens is 261 g/mol. The zero-order chi connectivity index (χ0) is 10.6. The van der Waals surface area contributed by atoms with Crippen LogP contribution in [0.2, 0.25) is 5.02 Å². The molecule has 0 amide bonds. The molecule has 0 bridgehead atoms. The first-order valence-electron chi connectivity index (χ1n) is 4.87. The van der Waals surface area contributed by atoms with Crippen molar-refractivity contribution in [2.24, 2.45) is 0 Å². The molecule has 3 heteroatoms. The second-order valence-electron chi connectivity index (χ2n) is 3.18. The van der Waals surface area contributed by atoms with Gasteiger partial charge in [-0.3, -0.25) is 0 Å². The largest absolute Gasteiger partial charge is 0.310 e. The molecule has 1 rings (SSSR count). The first kappa shape index (κ1) is 12.0. The molecule has 1 atom stereocenters. The summed E-state index contributed by atoms with van der Waals surface area (Å²) in [7, 11) is 0. The van der Waals surface area contributed by atoms with Gasteiger partial charge in [-0.1, -0.05) is 47.4 Å². The van der Waals surface area contributed by atoms with Gasteiger partial charge in [-0.05, 0) is 30.7 Å². The number of benzene rings is 1. The van der Waals surface area contributed by atoms with E-state index < -0.39 is 0 Å². The third-order valence-electron chi connectivity index (χ3n) is 2.20. The standard InChI is InChI=1S/C11H15BrClN/c1-3-11(14-4-2)9-6-5-8(13)7-10(9)12/h5-7,11,14H,3-4H2,1-2H3. The Balaban J connectivity index is 2.92. The minimum absolute atomic E-state index is 0.409. The summed E-state index contributed by atoms with van der Waals surface area (Å²) < 4.78 is 1.08. The maximum absolute atomic E-state index is 5.89. The summed E-state index contributed by atoms with van der Waals surface area (Å²) in [5.74, 6) is 0. The maximum atomic E-state index is 5.89. The molecule has 0 saturated heterocycles. The third kappa shape index (κ3) is 2.97. The first-order chi connectivity index (χ1) is 6.69. The Labute approximate surface area is 99.0 Å². The van der Waals surface area contributed by atoms with Crippen molar-refractivity contribution < 1.29 is 0 Å². The fourth-order valence-electron chi connectivity index (χ4n) is 1.50. The molecule has 1 N–H and O–H groups in total. The van der Waals surface area contributed by atoms with Crippen molar-refractivity contribution in [3.63, 3.8) is 0 Å². The summed E-state index contributed by atoms with van der Waals surface area (Å²) in [6.07, 6.45) is 1.08. The van der Waals surface area contributed by atoms with E-state index in [2.05, 4.69) is 41.2 Å². The van der Waals surface area contributed by atoms with Gasteiger partial charge in [-0.15, -0.1) is 0 Å². The van der Waals surface area contributed by atoms with E-state index in [1.807, 2.05) is 12.1 Å². The Morgan fingerprint density at radius 1 is 1.43 bits per heavy atom. The summed E-state index contributed by atoms with van der Waals surface area (Å²) in [6, 6.07) is 6.36. The van der Waals surface area contributed by atoms with Gasteiger partial charge >= 0.3 is 0 Å². The first-order valence-corrected chi connectivity index (χ1v) is 6.04. The second-order valence-corrected chi connectivity index (χ2v) is 4.48. The van der Waals surface area contributed by atoms with Crippen LogP contribution in [0.4, 0.5) is 0 Å². The normalized spacial score (nSPS) is 12.9. The van der Waals surface area contributed by atoms with E-state index in [-0.39, 0.29) is 0 Å². The van der Waals surface area contributed by atoms with E-state index in [9.17, 15) is 0 Å². The Kier molecular flexibility index (Phi) is 4.93. The SMILES string of the molecule is CCNC(CC)c1ccc(Cl)cc1Br. The summed E-state index contributed by atoms with van der Waals surface area (Å²) in [5, 5.41) is 4.21. The summed E-state index contributed by atoms with van der Waals surface area (Å²) in [4.78, 5) is 0. The lowest BCUT2D eigenvalue weighted by Crippen LogP contribution is -2.20. The maximum Gasteiger partial charge on any atom is 0.0417 e.